The number of nitrogens with one attached hydrogen (secondary N) is 3. The van der Waals surface area contributed by atoms with Gasteiger partial charge in [-0.25, -0.2) is 9.59 Å². The van der Waals surface area contributed by atoms with Crippen molar-refractivity contribution < 1.29 is 29.4 Å². The van der Waals surface area contributed by atoms with E-state index < -0.39 is 29.8 Å². The van der Waals surface area contributed by atoms with E-state index in [1.165, 1.54) is 12.1 Å². The van der Waals surface area contributed by atoms with Crippen molar-refractivity contribution >= 4 is 41.1 Å². The zero-order valence-corrected chi connectivity index (χ0v) is 19.0. The Morgan fingerprint density at radius 1 is 1.06 bits per heavy atom. The van der Waals surface area contributed by atoms with Gasteiger partial charge in [-0.2, -0.15) is 0 Å². The predicted molar refractivity (Wildman–Crippen MR) is 129 cm³/mol. The van der Waals surface area contributed by atoms with Crippen molar-refractivity contribution in [2.45, 2.75) is 26.3 Å². The van der Waals surface area contributed by atoms with E-state index in [0.29, 0.717) is 28.2 Å². The third kappa shape index (κ3) is 4.70. The normalized spacial score (nSPS) is 14.3. The summed E-state index contributed by atoms with van der Waals surface area (Å²) in [5.74, 6) is -3.21. The number of fused-ring (bicyclic) bond motifs is 1. The molecule has 2 heterocycles. The number of carbonyl (C=O) groups is 4. The largest absolute Gasteiger partial charge is 0.480 e. The van der Waals surface area contributed by atoms with Crippen LogP contribution in [0.2, 0.25) is 0 Å². The fraction of sp³-hybridized carbons (Fsp3) is 0.154. The lowest BCUT2D eigenvalue weighted by Crippen LogP contribution is -2.42. The van der Waals surface area contributed by atoms with Crippen LogP contribution in [0.1, 0.15) is 48.8 Å². The molecule has 0 saturated heterocycles. The lowest BCUT2D eigenvalue weighted by Gasteiger charge is -2.15. The monoisotopic (exact) mass is 473 g/mol. The SMILES string of the molecule is Cc1[nH]c(/C=C2\C(=O)Nc3ccc(C(=O)N[C@H](Cc4ccccc4)C(=O)O)cc32)c(C)c1C(=O)O. The van der Waals surface area contributed by atoms with Gasteiger partial charge in [-0.05, 0) is 49.2 Å². The second-order valence-electron chi connectivity index (χ2n) is 8.30. The Morgan fingerprint density at radius 3 is 2.40 bits per heavy atom. The highest BCUT2D eigenvalue weighted by Crippen LogP contribution is 2.34. The van der Waals surface area contributed by atoms with Crippen LogP contribution in [-0.2, 0) is 16.0 Å². The quantitative estimate of drug-likeness (QED) is 0.333. The van der Waals surface area contributed by atoms with E-state index in [9.17, 15) is 29.4 Å². The molecule has 9 heteroatoms. The molecule has 1 aliphatic heterocycles. The molecule has 0 saturated carbocycles. The third-order valence-electron chi connectivity index (χ3n) is 5.93. The van der Waals surface area contributed by atoms with Crippen LogP contribution in [0.4, 0.5) is 5.69 Å². The average Bonchev–Trinajstić information content (AvgIpc) is 3.28. The Hall–Kier alpha value is -4.66. The summed E-state index contributed by atoms with van der Waals surface area (Å²) in [5, 5.41) is 24.3. The van der Waals surface area contributed by atoms with Crippen LogP contribution >= 0.6 is 0 Å². The lowest BCUT2D eigenvalue weighted by molar-refractivity contribution is -0.139. The third-order valence-corrected chi connectivity index (χ3v) is 5.93. The summed E-state index contributed by atoms with van der Waals surface area (Å²) in [6.07, 6.45) is 1.67. The molecule has 0 bridgehead atoms. The van der Waals surface area contributed by atoms with Gasteiger partial charge in [0.2, 0.25) is 0 Å². The van der Waals surface area contributed by atoms with Gasteiger partial charge in [-0.3, -0.25) is 9.59 Å². The molecule has 1 atom stereocenters. The number of benzene rings is 2. The molecule has 1 aliphatic rings. The molecule has 1 aromatic heterocycles. The molecule has 3 aromatic rings. The highest BCUT2D eigenvalue weighted by molar-refractivity contribution is 6.35. The molecule has 5 N–H and O–H groups in total. The number of carboxylic acid groups (broad SMARTS) is 2. The van der Waals surface area contributed by atoms with E-state index in [-0.39, 0.29) is 23.1 Å². The number of aromatic amines is 1. The number of H-pyrrole nitrogens is 1. The highest BCUT2D eigenvalue weighted by Gasteiger charge is 2.28. The van der Waals surface area contributed by atoms with Gasteiger partial charge >= 0.3 is 11.9 Å². The second kappa shape index (κ2) is 9.30. The van der Waals surface area contributed by atoms with Crippen LogP contribution in [0.3, 0.4) is 0 Å². The van der Waals surface area contributed by atoms with Gasteiger partial charge < -0.3 is 25.8 Å². The van der Waals surface area contributed by atoms with E-state index in [0.717, 1.165) is 5.56 Å². The smallest absolute Gasteiger partial charge is 0.337 e. The van der Waals surface area contributed by atoms with Crippen LogP contribution in [0.5, 0.6) is 0 Å². The van der Waals surface area contributed by atoms with E-state index in [2.05, 4.69) is 15.6 Å². The van der Waals surface area contributed by atoms with Crippen molar-refractivity contribution in [1.82, 2.24) is 10.3 Å². The number of amides is 2. The highest BCUT2D eigenvalue weighted by atomic mass is 16.4. The zero-order chi connectivity index (χ0) is 25.3. The summed E-state index contributed by atoms with van der Waals surface area (Å²) < 4.78 is 0. The first-order valence-electron chi connectivity index (χ1n) is 10.8. The first-order valence-corrected chi connectivity index (χ1v) is 10.8. The zero-order valence-electron chi connectivity index (χ0n) is 19.0. The molecule has 0 unspecified atom stereocenters. The number of rotatable bonds is 7. The van der Waals surface area contributed by atoms with Gasteiger partial charge in [0.15, 0.2) is 0 Å². The Labute approximate surface area is 200 Å². The molecule has 2 aromatic carbocycles. The minimum absolute atomic E-state index is 0.120. The minimum atomic E-state index is -1.16. The van der Waals surface area contributed by atoms with Crippen LogP contribution in [0, 0.1) is 13.8 Å². The van der Waals surface area contributed by atoms with Gasteiger partial charge in [-0.1, -0.05) is 30.3 Å². The summed E-state index contributed by atoms with van der Waals surface area (Å²) >= 11 is 0. The van der Waals surface area contributed by atoms with Crippen molar-refractivity contribution in [2.75, 3.05) is 5.32 Å². The Morgan fingerprint density at radius 2 is 1.77 bits per heavy atom. The van der Waals surface area contributed by atoms with Crippen LogP contribution in [0.25, 0.3) is 11.6 Å². The number of aliphatic carboxylic acids is 1. The van der Waals surface area contributed by atoms with Gasteiger partial charge in [-0.15, -0.1) is 0 Å². The van der Waals surface area contributed by atoms with E-state index in [1.807, 2.05) is 6.07 Å². The summed E-state index contributed by atoms with van der Waals surface area (Å²) in [6.45, 7) is 3.29. The van der Waals surface area contributed by atoms with Crippen molar-refractivity contribution in [1.29, 1.82) is 0 Å². The summed E-state index contributed by atoms with van der Waals surface area (Å²) in [4.78, 5) is 51.8. The van der Waals surface area contributed by atoms with Crippen molar-refractivity contribution in [2.24, 2.45) is 0 Å². The molecule has 0 spiro atoms. The molecular weight excluding hydrogens is 450 g/mol. The first-order chi connectivity index (χ1) is 16.7. The summed E-state index contributed by atoms with van der Waals surface area (Å²) in [6, 6.07) is 12.4. The van der Waals surface area contributed by atoms with E-state index >= 15 is 0 Å². The summed E-state index contributed by atoms with van der Waals surface area (Å²) in [7, 11) is 0. The molecule has 0 fully saturated rings. The van der Waals surface area contributed by atoms with Gasteiger partial charge in [0.1, 0.15) is 6.04 Å². The van der Waals surface area contributed by atoms with Crippen LogP contribution in [0.15, 0.2) is 48.5 Å². The first kappa shape index (κ1) is 23.5. The fourth-order valence-corrected chi connectivity index (χ4v) is 4.15. The lowest BCUT2D eigenvalue weighted by atomic mass is 10.0. The molecule has 0 radical (unpaired) electrons. The second-order valence-corrected chi connectivity index (χ2v) is 8.30. The number of carboxylic acids is 2. The number of aromatic nitrogens is 1. The van der Waals surface area contributed by atoms with E-state index in [4.69, 9.17) is 0 Å². The number of hydrogen-bond acceptors (Lipinski definition) is 4. The number of hydrogen-bond donors (Lipinski definition) is 5. The number of anilines is 1. The molecule has 35 heavy (non-hydrogen) atoms. The molecule has 2 amide bonds. The minimum Gasteiger partial charge on any atom is -0.480 e. The van der Waals surface area contributed by atoms with Gasteiger partial charge in [0, 0.05) is 34.6 Å². The maximum atomic E-state index is 12.9. The predicted octanol–water partition coefficient (Wildman–Crippen LogP) is 3.25. The van der Waals surface area contributed by atoms with Crippen molar-refractivity contribution in [3.63, 3.8) is 0 Å². The van der Waals surface area contributed by atoms with E-state index in [1.54, 1.807) is 50.3 Å². The average molecular weight is 473 g/mol. The fourth-order valence-electron chi connectivity index (χ4n) is 4.15. The molecule has 9 nitrogen and oxygen atoms in total. The van der Waals surface area contributed by atoms with Crippen molar-refractivity contribution in [3.05, 3.63) is 87.7 Å². The molecule has 0 aliphatic carbocycles. The molecule has 178 valence electrons. The number of aromatic carboxylic acids is 1. The van der Waals surface area contributed by atoms with Gasteiger partial charge in [0.05, 0.1) is 11.1 Å². The topological polar surface area (TPSA) is 149 Å². The number of aryl methyl sites for hydroxylation is 1. The Balaban J connectivity index is 1.63. The maximum Gasteiger partial charge on any atom is 0.337 e. The van der Waals surface area contributed by atoms with Crippen molar-refractivity contribution in [3.8, 4) is 0 Å². The standard InChI is InChI=1S/C26H23N3O6/c1-13-20(27-14(2)22(13)26(34)35)12-18-17-11-16(8-9-19(17)28-24(18)31)23(30)29-21(25(32)33)10-15-6-4-3-5-7-15/h3-9,11-12,21,27H,10H2,1-2H3,(H,28,31)(H,29,30)(H,32,33)(H,34,35)/b18-12-/t21-/m1/s1. The Kier molecular flexibility index (Phi) is 6.24. The molecular formula is C26H23N3O6. The van der Waals surface area contributed by atoms with Crippen LogP contribution in [-0.4, -0.2) is 45.0 Å². The van der Waals surface area contributed by atoms with Crippen LogP contribution < -0.4 is 10.6 Å². The molecule has 4 rings (SSSR count). The maximum absolute atomic E-state index is 12.9. The number of carbonyl (C=O) groups excluding carboxylic acids is 2. The summed E-state index contributed by atoms with van der Waals surface area (Å²) in [5.41, 5.74) is 3.74. The van der Waals surface area contributed by atoms with Gasteiger partial charge in [0.25, 0.3) is 11.8 Å². The Bertz CT molecular complexity index is 1390.